The quantitative estimate of drug-likeness (QED) is 0.0113. The van der Waals surface area contributed by atoms with Gasteiger partial charge in [-0.05, 0) is 63.9 Å². The molecule has 0 rings (SSSR count). The van der Waals surface area contributed by atoms with Crippen LogP contribution in [0.2, 0.25) is 0 Å². The molecule has 0 bridgehead atoms. The summed E-state index contributed by atoms with van der Waals surface area (Å²) >= 11 is 0. The number of rotatable bonds is 39. The molecule has 0 aliphatic rings. The van der Waals surface area contributed by atoms with Crippen LogP contribution < -0.4 is 4.89 Å². The van der Waals surface area contributed by atoms with E-state index >= 15 is 0 Å². The summed E-state index contributed by atoms with van der Waals surface area (Å²) in [6.07, 6.45) is 35.7. The van der Waals surface area contributed by atoms with E-state index in [0.29, 0.717) is 30.3 Å². The van der Waals surface area contributed by atoms with Crippen molar-refractivity contribution in [1.29, 1.82) is 0 Å². The Morgan fingerprint density at radius 2 is 1.09 bits per heavy atom. The van der Waals surface area contributed by atoms with E-state index < -0.39 is 32.5 Å². The molecule has 0 aromatic carbocycles. The van der Waals surface area contributed by atoms with Gasteiger partial charge in [0.15, 0.2) is 11.9 Å². The summed E-state index contributed by atoms with van der Waals surface area (Å²) in [6, 6.07) is 0. The Labute approximate surface area is 336 Å². The van der Waals surface area contributed by atoms with Crippen LogP contribution in [-0.2, 0) is 37.5 Å². The predicted molar refractivity (Wildman–Crippen MR) is 222 cm³/mol. The van der Waals surface area contributed by atoms with Gasteiger partial charge in [0, 0.05) is 19.3 Å². The standard InChI is InChI=1S/C44H80NO9P/c1-6-8-10-11-12-13-14-15-16-17-18-21-24-27-31-35-43(47)51-39-42(40-53-55(49,50)52-38-37-45(3,4)5)54-44(48)36-32-28-25-22-19-20-23-26-30-34-41(46)33-29-9-7-2/h13-14,23,26,30,34,42H,6-12,15-22,24-25,27-29,31-33,35-40H2,1-5H3/b14-13-,26-23-,34-30+/t42-/m1/s1. The average Bonchev–Trinajstić information content (AvgIpc) is 3.12. The number of esters is 2. The van der Waals surface area contributed by atoms with Crippen molar-refractivity contribution in [3.8, 4) is 0 Å². The van der Waals surface area contributed by atoms with Gasteiger partial charge in [0.2, 0.25) is 0 Å². The minimum atomic E-state index is -4.64. The molecule has 0 fully saturated rings. The summed E-state index contributed by atoms with van der Waals surface area (Å²) in [5, 5.41) is 0. The molecule has 10 nitrogen and oxygen atoms in total. The van der Waals surface area contributed by atoms with Crippen LogP contribution in [0.15, 0.2) is 36.5 Å². The van der Waals surface area contributed by atoms with Crippen molar-refractivity contribution in [2.45, 2.75) is 180 Å². The Hall–Kier alpha value is -2.10. The maximum Gasteiger partial charge on any atom is 0.306 e. The van der Waals surface area contributed by atoms with Crippen molar-refractivity contribution in [3.63, 3.8) is 0 Å². The Bertz CT molecular complexity index is 1100. The molecule has 0 amide bonds. The van der Waals surface area contributed by atoms with E-state index in [1.807, 2.05) is 33.3 Å². The Morgan fingerprint density at radius 3 is 1.67 bits per heavy atom. The molecular weight excluding hydrogens is 717 g/mol. The Kier molecular flexibility index (Phi) is 34.9. The molecular formula is C44H80NO9P. The molecule has 1 unspecified atom stereocenters. The normalized spacial score (nSPS) is 13.9. The number of phosphoric acid groups is 1. The predicted octanol–water partition coefficient (Wildman–Crippen LogP) is 10.7. The van der Waals surface area contributed by atoms with Crippen LogP contribution in [-0.4, -0.2) is 75.8 Å². The maximum absolute atomic E-state index is 12.6. The number of carbonyl (C=O) groups is 3. The highest BCUT2D eigenvalue weighted by atomic mass is 31.2. The molecule has 320 valence electrons. The smallest absolute Gasteiger partial charge is 0.306 e. The maximum atomic E-state index is 12.6. The lowest BCUT2D eigenvalue weighted by molar-refractivity contribution is -0.870. The van der Waals surface area contributed by atoms with Crippen LogP contribution >= 0.6 is 7.82 Å². The van der Waals surface area contributed by atoms with Crippen molar-refractivity contribution >= 4 is 25.5 Å². The SMILES string of the molecule is CCCCCC/C=C\CCCCCCCCCC(=O)OC[C@H](COP(=O)([O-])OCC[N+](C)(C)C)OC(=O)CCCCCCC/C=C\C=C\C(=O)CCCCC. The van der Waals surface area contributed by atoms with Crippen molar-refractivity contribution < 1.29 is 46.8 Å². The van der Waals surface area contributed by atoms with E-state index in [1.54, 1.807) is 6.08 Å². The zero-order valence-electron chi connectivity index (χ0n) is 35.6. The second-order valence-corrected chi connectivity index (χ2v) is 17.1. The van der Waals surface area contributed by atoms with E-state index in [0.717, 1.165) is 77.0 Å². The van der Waals surface area contributed by atoms with Gasteiger partial charge in [-0.1, -0.05) is 128 Å². The van der Waals surface area contributed by atoms with Gasteiger partial charge in [0.05, 0.1) is 27.7 Å². The molecule has 0 spiro atoms. The van der Waals surface area contributed by atoms with Crippen LogP contribution in [0.1, 0.15) is 174 Å². The number of ketones is 1. The largest absolute Gasteiger partial charge is 0.756 e. The molecule has 0 N–H and O–H groups in total. The van der Waals surface area contributed by atoms with Crippen LogP contribution in [0.4, 0.5) is 0 Å². The first-order valence-electron chi connectivity index (χ1n) is 21.6. The second-order valence-electron chi connectivity index (χ2n) is 15.7. The first-order chi connectivity index (χ1) is 26.4. The third-order valence-electron chi connectivity index (χ3n) is 9.11. The molecule has 55 heavy (non-hydrogen) atoms. The van der Waals surface area contributed by atoms with Gasteiger partial charge in [-0.15, -0.1) is 0 Å². The molecule has 0 saturated heterocycles. The number of likely N-dealkylation sites (N-methyl/N-ethyl adjacent to an activating group) is 1. The summed E-state index contributed by atoms with van der Waals surface area (Å²) in [7, 11) is 1.11. The van der Waals surface area contributed by atoms with Crippen molar-refractivity contribution in [3.05, 3.63) is 36.5 Å². The Morgan fingerprint density at radius 1 is 0.600 bits per heavy atom. The van der Waals surface area contributed by atoms with Gasteiger partial charge in [0.25, 0.3) is 7.82 Å². The van der Waals surface area contributed by atoms with E-state index in [-0.39, 0.29) is 31.8 Å². The van der Waals surface area contributed by atoms with Crippen molar-refractivity contribution in [2.24, 2.45) is 0 Å². The number of hydrogen-bond donors (Lipinski definition) is 0. The monoisotopic (exact) mass is 798 g/mol. The van der Waals surface area contributed by atoms with Gasteiger partial charge in [-0.25, -0.2) is 0 Å². The molecule has 0 heterocycles. The molecule has 11 heteroatoms. The molecule has 0 aromatic heterocycles. The molecule has 0 aliphatic heterocycles. The lowest BCUT2D eigenvalue weighted by Crippen LogP contribution is -2.37. The summed E-state index contributed by atoms with van der Waals surface area (Å²) in [5.41, 5.74) is 0. The average molecular weight is 798 g/mol. The van der Waals surface area contributed by atoms with Crippen molar-refractivity contribution in [1.82, 2.24) is 0 Å². The Balaban J connectivity index is 4.44. The number of nitrogens with zero attached hydrogens (tertiary/aromatic N) is 1. The molecule has 2 atom stereocenters. The van der Waals surface area contributed by atoms with Gasteiger partial charge < -0.3 is 27.9 Å². The van der Waals surface area contributed by atoms with Crippen LogP contribution in [0, 0.1) is 0 Å². The molecule has 0 saturated carbocycles. The fourth-order valence-corrected chi connectivity index (χ4v) is 6.36. The lowest BCUT2D eigenvalue weighted by atomic mass is 10.1. The number of phosphoric ester groups is 1. The summed E-state index contributed by atoms with van der Waals surface area (Å²) < 4.78 is 33.8. The van der Waals surface area contributed by atoms with Crippen LogP contribution in [0.3, 0.4) is 0 Å². The fourth-order valence-electron chi connectivity index (χ4n) is 5.63. The van der Waals surface area contributed by atoms with Gasteiger partial charge in [-0.2, -0.15) is 0 Å². The summed E-state index contributed by atoms with van der Waals surface area (Å²) in [6.45, 7) is 3.99. The number of carbonyl (C=O) groups excluding carboxylic acids is 3. The van der Waals surface area contributed by atoms with E-state index in [4.69, 9.17) is 18.5 Å². The number of ether oxygens (including phenoxy) is 2. The highest BCUT2D eigenvalue weighted by Gasteiger charge is 2.21. The summed E-state index contributed by atoms with van der Waals surface area (Å²) in [5.74, 6) is -0.728. The third kappa shape index (κ3) is 39.9. The third-order valence-corrected chi connectivity index (χ3v) is 10.1. The lowest BCUT2D eigenvalue weighted by Gasteiger charge is -2.28. The van der Waals surface area contributed by atoms with Crippen LogP contribution in [0.5, 0.6) is 0 Å². The zero-order chi connectivity index (χ0) is 40.9. The van der Waals surface area contributed by atoms with E-state index in [1.165, 1.54) is 51.4 Å². The number of unbranched alkanes of at least 4 members (excludes halogenated alkanes) is 18. The minimum absolute atomic E-state index is 0.0478. The van der Waals surface area contributed by atoms with Crippen LogP contribution in [0.25, 0.3) is 0 Å². The van der Waals surface area contributed by atoms with Gasteiger partial charge in [-0.3, -0.25) is 18.9 Å². The van der Waals surface area contributed by atoms with Gasteiger partial charge >= 0.3 is 11.9 Å². The number of allylic oxidation sites excluding steroid dienone is 6. The first kappa shape index (κ1) is 52.9. The van der Waals surface area contributed by atoms with E-state index in [9.17, 15) is 23.8 Å². The summed E-state index contributed by atoms with van der Waals surface area (Å²) in [4.78, 5) is 49.2. The second kappa shape index (κ2) is 36.3. The number of quaternary nitrogens is 1. The molecule has 0 radical (unpaired) electrons. The zero-order valence-corrected chi connectivity index (χ0v) is 36.5. The molecule has 0 aromatic rings. The van der Waals surface area contributed by atoms with Crippen molar-refractivity contribution in [2.75, 3.05) is 47.5 Å². The molecule has 0 aliphatic carbocycles. The highest BCUT2D eigenvalue weighted by Crippen LogP contribution is 2.38. The highest BCUT2D eigenvalue weighted by molar-refractivity contribution is 7.45. The first-order valence-corrected chi connectivity index (χ1v) is 23.1. The minimum Gasteiger partial charge on any atom is -0.756 e. The van der Waals surface area contributed by atoms with Gasteiger partial charge in [0.1, 0.15) is 19.8 Å². The number of hydrogen-bond acceptors (Lipinski definition) is 9. The van der Waals surface area contributed by atoms with E-state index in [2.05, 4.69) is 32.1 Å². The fraction of sp³-hybridized carbons (Fsp3) is 0.795. The topological polar surface area (TPSA) is 128 Å².